The zero-order valence-electron chi connectivity index (χ0n) is 21.5. The van der Waals surface area contributed by atoms with Crippen LogP contribution in [-0.2, 0) is 26.2 Å². The van der Waals surface area contributed by atoms with Gasteiger partial charge in [-0.25, -0.2) is 8.70 Å². The van der Waals surface area contributed by atoms with Crippen LogP contribution in [0.2, 0.25) is 0 Å². The summed E-state index contributed by atoms with van der Waals surface area (Å²) in [6.07, 6.45) is 2.54. The van der Waals surface area contributed by atoms with Gasteiger partial charge >= 0.3 is 10.2 Å². The second-order valence-electron chi connectivity index (χ2n) is 8.64. The number of benzene rings is 2. The number of unbranched alkanes of at least 4 members (excludes halogenated alkanes) is 1. The first-order valence-corrected chi connectivity index (χ1v) is 13.6. The first-order valence-electron chi connectivity index (χ1n) is 12.2. The van der Waals surface area contributed by atoms with Crippen molar-refractivity contribution in [1.29, 1.82) is 0 Å². The van der Waals surface area contributed by atoms with E-state index in [2.05, 4.69) is 5.32 Å². The molecule has 0 saturated heterocycles. The van der Waals surface area contributed by atoms with E-state index in [9.17, 15) is 22.4 Å². The van der Waals surface area contributed by atoms with Gasteiger partial charge in [0.25, 0.3) is 0 Å². The van der Waals surface area contributed by atoms with Crippen molar-refractivity contribution in [3.05, 3.63) is 66.0 Å². The predicted octanol–water partition coefficient (Wildman–Crippen LogP) is 3.20. The van der Waals surface area contributed by atoms with E-state index in [4.69, 9.17) is 0 Å². The summed E-state index contributed by atoms with van der Waals surface area (Å²) in [5, 5.41) is 2.88. The Morgan fingerprint density at radius 1 is 1.00 bits per heavy atom. The Morgan fingerprint density at radius 2 is 1.64 bits per heavy atom. The third kappa shape index (κ3) is 7.76. The molecule has 8 nitrogen and oxygen atoms in total. The van der Waals surface area contributed by atoms with Crippen molar-refractivity contribution in [2.45, 2.75) is 45.6 Å². The van der Waals surface area contributed by atoms with Crippen LogP contribution in [0.3, 0.4) is 0 Å². The molecule has 10 heteroatoms. The van der Waals surface area contributed by atoms with Gasteiger partial charge in [-0.2, -0.15) is 12.7 Å². The van der Waals surface area contributed by atoms with E-state index in [0.717, 1.165) is 33.1 Å². The van der Waals surface area contributed by atoms with E-state index in [-0.39, 0.29) is 18.1 Å². The molecule has 2 rings (SSSR count). The molecule has 0 aliphatic heterocycles. The number of hydrogen-bond donors (Lipinski definition) is 1. The van der Waals surface area contributed by atoms with Crippen LogP contribution in [0.15, 0.2) is 54.6 Å². The Morgan fingerprint density at radius 3 is 2.22 bits per heavy atom. The number of rotatable bonds is 14. The number of anilines is 1. The van der Waals surface area contributed by atoms with Crippen LogP contribution in [0, 0.1) is 5.82 Å². The van der Waals surface area contributed by atoms with E-state index in [1.165, 1.54) is 37.2 Å². The molecule has 0 fully saturated rings. The smallest absolute Gasteiger partial charge is 0.304 e. The lowest BCUT2D eigenvalue weighted by molar-refractivity contribution is -0.139. The van der Waals surface area contributed by atoms with Gasteiger partial charge in [-0.3, -0.25) is 9.59 Å². The summed E-state index contributed by atoms with van der Waals surface area (Å²) in [6, 6.07) is 14.1. The molecule has 0 bridgehead atoms. The van der Waals surface area contributed by atoms with Crippen LogP contribution >= 0.6 is 0 Å². The van der Waals surface area contributed by atoms with Gasteiger partial charge in [-0.1, -0.05) is 62.7 Å². The van der Waals surface area contributed by atoms with Crippen molar-refractivity contribution in [3.63, 3.8) is 0 Å². The SMILES string of the molecule is CCCCNC(=O)[C@@H](CC)N(CCc1ccccc1)C(=O)CN(c1ccccc1F)S(=O)(=O)N(C)C. The van der Waals surface area contributed by atoms with E-state index in [0.29, 0.717) is 19.4 Å². The highest BCUT2D eigenvalue weighted by atomic mass is 32.2. The van der Waals surface area contributed by atoms with Crippen molar-refractivity contribution < 1.29 is 22.4 Å². The van der Waals surface area contributed by atoms with Crippen molar-refractivity contribution in [2.75, 3.05) is 38.0 Å². The monoisotopic (exact) mass is 520 g/mol. The minimum atomic E-state index is -4.20. The summed E-state index contributed by atoms with van der Waals surface area (Å²) in [5.41, 5.74) is 0.742. The molecule has 0 heterocycles. The highest BCUT2D eigenvalue weighted by Gasteiger charge is 2.34. The second kappa shape index (κ2) is 13.9. The maximum atomic E-state index is 14.7. The summed E-state index contributed by atoms with van der Waals surface area (Å²) in [4.78, 5) is 28.1. The highest BCUT2D eigenvalue weighted by Crippen LogP contribution is 2.23. The fourth-order valence-corrected chi connectivity index (χ4v) is 4.82. The third-order valence-electron chi connectivity index (χ3n) is 5.84. The first-order chi connectivity index (χ1) is 17.1. The van der Waals surface area contributed by atoms with Gasteiger partial charge in [0.1, 0.15) is 18.4 Å². The lowest BCUT2D eigenvalue weighted by Crippen LogP contribution is -2.54. The van der Waals surface area contributed by atoms with E-state index in [1.807, 2.05) is 37.3 Å². The topological polar surface area (TPSA) is 90.0 Å². The van der Waals surface area contributed by atoms with Crippen LogP contribution in [0.25, 0.3) is 0 Å². The van der Waals surface area contributed by atoms with Crippen molar-refractivity contribution >= 4 is 27.7 Å². The van der Waals surface area contributed by atoms with Gasteiger partial charge in [0.2, 0.25) is 11.8 Å². The number of nitrogens with one attached hydrogen (secondary N) is 1. The molecule has 2 aromatic rings. The highest BCUT2D eigenvalue weighted by molar-refractivity contribution is 7.90. The fraction of sp³-hybridized carbons (Fsp3) is 0.462. The molecule has 0 radical (unpaired) electrons. The minimum Gasteiger partial charge on any atom is -0.354 e. The number of para-hydroxylation sites is 1. The zero-order valence-corrected chi connectivity index (χ0v) is 22.3. The van der Waals surface area contributed by atoms with Gasteiger partial charge < -0.3 is 10.2 Å². The van der Waals surface area contributed by atoms with Gasteiger partial charge in [-0.05, 0) is 37.0 Å². The minimum absolute atomic E-state index is 0.204. The van der Waals surface area contributed by atoms with Gasteiger partial charge in [0, 0.05) is 27.2 Å². The fourth-order valence-electron chi connectivity index (χ4n) is 3.76. The molecule has 0 spiro atoms. The van der Waals surface area contributed by atoms with E-state index < -0.39 is 34.5 Å². The molecule has 2 amide bonds. The van der Waals surface area contributed by atoms with Gasteiger partial charge in [-0.15, -0.1) is 0 Å². The third-order valence-corrected chi connectivity index (χ3v) is 7.65. The number of carbonyl (C=O) groups excluding carboxylic acids is 2. The van der Waals surface area contributed by atoms with Crippen LogP contribution in [0.5, 0.6) is 0 Å². The quantitative estimate of drug-likeness (QED) is 0.388. The number of amides is 2. The van der Waals surface area contributed by atoms with Gasteiger partial charge in [0.15, 0.2) is 0 Å². The molecule has 0 aromatic heterocycles. The Bertz CT molecular complexity index is 1100. The predicted molar refractivity (Wildman–Crippen MR) is 140 cm³/mol. The molecule has 198 valence electrons. The van der Waals surface area contributed by atoms with Crippen LogP contribution in [-0.4, -0.2) is 69.2 Å². The summed E-state index contributed by atoms with van der Waals surface area (Å²) in [6.45, 7) is 3.87. The Hall–Kier alpha value is -2.98. The molecule has 2 aromatic carbocycles. The first kappa shape index (κ1) is 29.3. The zero-order chi connectivity index (χ0) is 26.7. The molecule has 0 aliphatic rings. The second-order valence-corrected chi connectivity index (χ2v) is 10.7. The molecular weight excluding hydrogens is 483 g/mol. The Labute approximate surface area is 214 Å². The van der Waals surface area contributed by atoms with E-state index in [1.54, 1.807) is 6.92 Å². The van der Waals surface area contributed by atoms with Crippen LogP contribution in [0.4, 0.5) is 10.1 Å². The molecule has 1 N–H and O–H groups in total. The van der Waals surface area contributed by atoms with Crippen molar-refractivity contribution in [2.24, 2.45) is 0 Å². The molecular formula is C26H37FN4O4S. The summed E-state index contributed by atoms with van der Waals surface area (Å²) in [7, 11) is -1.57. The summed E-state index contributed by atoms with van der Waals surface area (Å²) >= 11 is 0. The Kier molecular flexibility index (Phi) is 11.3. The molecule has 0 saturated carbocycles. The molecule has 0 aliphatic carbocycles. The average molecular weight is 521 g/mol. The standard InChI is InChI=1S/C26H37FN4O4S/c1-5-7-18-28-26(33)23(6-2)30(19-17-21-13-9-8-10-14-21)25(32)20-31(36(34,35)29(3)4)24-16-12-11-15-22(24)27/h8-16,23H,5-7,17-20H2,1-4H3,(H,28,33)/t23-/m1/s1. The van der Waals surface area contributed by atoms with Gasteiger partial charge in [0.05, 0.1) is 5.69 Å². The molecule has 1 atom stereocenters. The summed E-state index contributed by atoms with van der Waals surface area (Å²) < 4.78 is 42.6. The average Bonchev–Trinajstić information content (AvgIpc) is 2.86. The van der Waals surface area contributed by atoms with Crippen LogP contribution < -0.4 is 9.62 Å². The normalized spacial score (nSPS) is 12.3. The largest absolute Gasteiger partial charge is 0.354 e. The maximum Gasteiger partial charge on any atom is 0.304 e. The maximum absolute atomic E-state index is 14.7. The van der Waals surface area contributed by atoms with Crippen molar-refractivity contribution in [3.8, 4) is 0 Å². The number of halogens is 1. The number of nitrogens with zero attached hydrogens (tertiary/aromatic N) is 3. The van der Waals surface area contributed by atoms with Crippen LogP contribution in [0.1, 0.15) is 38.7 Å². The molecule has 0 unspecified atom stereocenters. The summed E-state index contributed by atoms with van der Waals surface area (Å²) in [5.74, 6) is -1.65. The van der Waals surface area contributed by atoms with E-state index >= 15 is 0 Å². The van der Waals surface area contributed by atoms with Crippen molar-refractivity contribution in [1.82, 2.24) is 14.5 Å². The Balaban J connectivity index is 2.41. The lowest BCUT2D eigenvalue weighted by atomic mass is 10.1. The number of hydrogen-bond acceptors (Lipinski definition) is 4. The molecule has 36 heavy (non-hydrogen) atoms. The lowest BCUT2D eigenvalue weighted by Gasteiger charge is -2.34. The number of carbonyl (C=O) groups is 2.